The van der Waals surface area contributed by atoms with Gasteiger partial charge < -0.3 is 21.1 Å². The van der Waals surface area contributed by atoms with Gasteiger partial charge in [-0.05, 0) is 37.3 Å². The minimum Gasteiger partial charge on any atom is -0.391 e. The second-order valence-electron chi connectivity index (χ2n) is 9.74. The number of nitrogens with two attached hydrogens (primary N) is 1. The lowest BCUT2D eigenvalue weighted by molar-refractivity contribution is -0.141. The van der Waals surface area contributed by atoms with Gasteiger partial charge in [0.2, 0.25) is 11.8 Å². The van der Waals surface area contributed by atoms with E-state index in [1.54, 1.807) is 11.3 Å². The fraction of sp³-hybridized carbons (Fsp3) is 0.542. The van der Waals surface area contributed by atoms with Gasteiger partial charge in [0, 0.05) is 13.0 Å². The molecule has 0 aliphatic carbocycles. The number of thiazole rings is 1. The molecule has 3 rings (SSSR count). The summed E-state index contributed by atoms with van der Waals surface area (Å²) in [6, 6.07) is 6.35. The number of nitrogens with zero attached hydrogens (tertiary/aromatic N) is 2. The Morgan fingerprint density at radius 2 is 1.88 bits per heavy atom. The van der Waals surface area contributed by atoms with Crippen molar-refractivity contribution in [3.05, 3.63) is 40.5 Å². The lowest BCUT2D eigenvalue weighted by Crippen LogP contribution is -2.55. The first kappa shape index (κ1) is 24.4. The van der Waals surface area contributed by atoms with E-state index in [2.05, 4.69) is 10.3 Å². The number of aliphatic hydroxyl groups excluding tert-OH is 1. The molecule has 1 fully saturated rings. The van der Waals surface area contributed by atoms with Crippen LogP contribution in [0.3, 0.4) is 0 Å². The summed E-state index contributed by atoms with van der Waals surface area (Å²) < 4.78 is 0. The number of carbonyl (C=O) groups is 2. The lowest BCUT2D eigenvalue weighted by Gasteiger charge is -2.32. The summed E-state index contributed by atoms with van der Waals surface area (Å²) in [6.07, 6.45) is -0.521. The van der Waals surface area contributed by atoms with Crippen molar-refractivity contribution in [1.82, 2.24) is 15.2 Å². The van der Waals surface area contributed by atoms with Crippen molar-refractivity contribution in [3.8, 4) is 10.4 Å². The number of hydrogen-bond donors (Lipinski definition) is 3. The molecular formula is C24H34N4O3S. The number of aromatic nitrogens is 1. The Hall–Kier alpha value is -2.29. The van der Waals surface area contributed by atoms with Crippen LogP contribution >= 0.6 is 11.3 Å². The maximum Gasteiger partial charge on any atom is 0.243 e. The van der Waals surface area contributed by atoms with Gasteiger partial charge in [0.25, 0.3) is 0 Å². The lowest BCUT2D eigenvalue weighted by atomic mass is 9.86. The number of benzene rings is 1. The first-order valence-electron chi connectivity index (χ1n) is 11.0. The van der Waals surface area contributed by atoms with Crippen LogP contribution in [0.1, 0.15) is 56.4 Å². The fourth-order valence-electron chi connectivity index (χ4n) is 3.97. The molecule has 1 aromatic heterocycles. The molecule has 0 unspecified atom stereocenters. The number of hydrogen-bond acceptors (Lipinski definition) is 6. The Balaban J connectivity index is 1.70. The molecule has 2 heterocycles. The van der Waals surface area contributed by atoms with E-state index in [1.165, 1.54) is 4.90 Å². The van der Waals surface area contributed by atoms with Gasteiger partial charge in [-0.15, -0.1) is 11.3 Å². The van der Waals surface area contributed by atoms with Crippen molar-refractivity contribution < 1.29 is 14.7 Å². The Morgan fingerprint density at radius 3 is 2.41 bits per heavy atom. The molecule has 4 N–H and O–H groups in total. The summed E-state index contributed by atoms with van der Waals surface area (Å²) in [5.41, 5.74) is 8.78. The topological polar surface area (TPSA) is 109 Å². The van der Waals surface area contributed by atoms with E-state index in [9.17, 15) is 14.7 Å². The normalized spacial score (nSPS) is 20.8. The van der Waals surface area contributed by atoms with Crippen molar-refractivity contribution >= 4 is 23.2 Å². The highest BCUT2D eigenvalue weighted by Crippen LogP contribution is 2.31. The number of rotatable bonds is 5. The Labute approximate surface area is 194 Å². The summed E-state index contributed by atoms with van der Waals surface area (Å²) in [7, 11) is 0. The number of aryl methyl sites for hydroxylation is 2. The van der Waals surface area contributed by atoms with Crippen LogP contribution in [0.4, 0.5) is 0 Å². The van der Waals surface area contributed by atoms with Gasteiger partial charge >= 0.3 is 0 Å². The third-order valence-corrected chi connectivity index (χ3v) is 7.12. The van der Waals surface area contributed by atoms with E-state index in [1.807, 2.05) is 65.8 Å². The molecule has 32 heavy (non-hydrogen) atoms. The van der Waals surface area contributed by atoms with Crippen LogP contribution in [0, 0.1) is 19.3 Å². The zero-order valence-corrected chi connectivity index (χ0v) is 20.5. The molecule has 0 bridgehead atoms. The highest BCUT2D eigenvalue weighted by molar-refractivity contribution is 7.15. The average Bonchev–Trinajstić information content (AvgIpc) is 3.27. The Bertz CT molecular complexity index is 980. The van der Waals surface area contributed by atoms with Gasteiger partial charge in [-0.2, -0.15) is 0 Å². The second-order valence-corrected chi connectivity index (χ2v) is 10.9. The molecule has 1 saturated heterocycles. The van der Waals surface area contributed by atoms with Crippen LogP contribution in [0.5, 0.6) is 0 Å². The molecule has 174 valence electrons. The highest BCUT2D eigenvalue weighted by atomic mass is 32.1. The fourth-order valence-corrected chi connectivity index (χ4v) is 4.90. The molecule has 7 nitrogen and oxygen atoms in total. The van der Waals surface area contributed by atoms with Gasteiger partial charge in [0.1, 0.15) is 6.04 Å². The van der Waals surface area contributed by atoms with Crippen LogP contribution < -0.4 is 11.1 Å². The first-order valence-corrected chi connectivity index (χ1v) is 11.8. The van der Waals surface area contributed by atoms with E-state index in [0.717, 1.165) is 26.7 Å². The SMILES string of the molecule is Cc1nc(C)c(-c2ccc([C@H](C)NC(=O)[C@@H]3C[C@@H](O)CN3C(=O)[C@@H](N)C(C)(C)C)cc2)s1. The number of carbonyl (C=O) groups excluding carboxylic acids is 2. The van der Waals surface area contributed by atoms with E-state index in [0.29, 0.717) is 0 Å². The molecule has 0 saturated carbocycles. The van der Waals surface area contributed by atoms with Gasteiger partial charge in [0.05, 0.1) is 33.8 Å². The van der Waals surface area contributed by atoms with Gasteiger partial charge in [-0.1, -0.05) is 45.0 Å². The molecule has 2 aromatic rings. The molecule has 0 radical (unpaired) electrons. The molecule has 4 atom stereocenters. The molecule has 8 heteroatoms. The number of likely N-dealkylation sites (tertiary alicyclic amines) is 1. The maximum atomic E-state index is 13.0. The van der Waals surface area contributed by atoms with Crippen LogP contribution in [-0.4, -0.2) is 51.5 Å². The second kappa shape index (κ2) is 9.29. The Morgan fingerprint density at radius 1 is 1.25 bits per heavy atom. The van der Waals surface area contributed by atoms with Crippen LogP contribution in [0.15, 0.2) is 24.3 Å². The molecule has 1 aromatic carbocycles. The monoisotopic (exact) mass is 458 g/mol. The summed E-state index contributed by atoms with van der Waals surface area (Å²) in [6.45, 7) is 11.7. The molecule has 0 spiro atoms. The first-order chi connectivity index (χ1) is 14.9. The van der Waals surface area contributed by atoms with Crippen LogP contribution in [0.25, 0.3) is 10.4 Å². The van der Waals surface area contributed by atoms with Crippen molar-refractivity contribution in [2.75, 3.05) is 6.54 Å². The maximum absolute atomic E-state index is 13.0. The zero-order valence-electron chi connectivity index (χ0n) is 19.7. The van der Waals surface area contributed by atoms with Gasteiger partial charge in [-0.25, -0.2) is 4.98 Å². The predicted octanol–water partition coefficient (Wildman–Crippen LogP) is 2.94. The standard InChI is InChI=1S/C24H34N4O3S/c1-13(16-7-9-17(10-8-16)20-14(2)26-15(3)32-20)27-22(30)19-11-18(29)12-28(19)23(31)21(25)24(4,5)6/h7-10,13,18-19,21,29H,11-12,25H2,1-6H3,(H,27,30)/t13-,18+,19-,21+/m0/s1. The van der Waals surface area contributed by atoms with Gasteiger partial charge in [0.15, 0.2) is 0 Å². The minimum absolute atomic E-state index is 0.122. The summed E-state index contributed by atoms with van der Waals surface area (Å²) >= 11 is 1.66. The predicted molar refractivity (Wildman–Crippen MR) is 127 cm³/mol. The third-order valence-electron chi connectivity index (χ3n) is 6.00. The van der Waals surface area contributed by atoms with E-state index in [4.69, 9.17) is 5.73 Å². The van der Waals surface area contributed by atoms with Crippen molar-refractivity contribution in [1.29, 1.82) is 0 Å². The van der Waals surface area contributed by atoms with Gasteiger partial charge in [-0.3, -0.25) is 9.59 Å². The van der Waals surface area contributed by atoms with Crippen LogP contribution in [-0.2, 0) is 9.59 Å². The summed E-state index contributed by atoms with van der Waals surface area (Å²) in [5.74, 6) is -0.581. The summed E-state index contributed by atoms with van der Waals surface area (Å²) in [4.78, 5) is 33.0. The molecule has 1 aliphatic rings. The van der Waals surface area contributed by atoms with Crippen molar-refractivity contribution in [3.63, 3.8) is 0 Å². The zero-order chi connectivity index (χ0) is 23.8. The smallest absolute Gasteiger partial charge is 0.243 e. The third kappa shape index (κ3) is 5.19. The van der Waals surface area contributed by atoms with E-state index < -0.39 is 23.6 Å². The van der Waals surface area contributed by atoms with E-state index >= 15 is 0 Å². The van der Waals surface area contributed by atoms with Crippen molar-refractivity contribution in [2.45, 2.75) is 72.2 Å². The van der Waals surface area contributed by atoms with E-state index in [-0.39, 0.29) is 30.8 Å². The van der Waals surface area contributed by atoms with Crippen LogP contribution in [0.2, 0.25) is 0 Å². The molecule has 2 amide bonds. The number of aliphatic hydroxyl groups is 1. The highest BCUT2D eigenvalue weighted by Gasteiger charge is 2.42. The number of nitrogens with one attached hydrogen (secondary N) is 1. The minimum atomic E-state index is -0.744. The average molecular weight is 459 g/mol. The quantitative estimate of drug-likeness (QED) is 0.638. The largest absolute Gasteiger partial charge is 0.391 e. The van der Waals surface area contributed by atoms with Crippen molar-refractivity contribution in [2.24, 2.45) is 11.1 Å². The summed E-state index contributed by atoms with van der Waals surface area (Å²) in [5, 5.41) is 14.2. The Kier molecular flexibility index (Phi) is 7.07. The molecular weight excluding hydrogens is 424 g/mol. The number of β-amino-alcohol motifs (C(OH)–C–C–N with tert-alkyl or cyclic N) is 1. The molecule has 1 aliphatic heterocycles. The number of amides is 2.